The van der Waals surface area contributed by atoms with Gasteiger partial charge < -0.3 is 4.74 Å². The maximum absolute atomic E-state index is 13.7. The Balaban J connectivity index is 2.39. The van der Waals surface area contributed by atoms with Crippen LogP contribution < -0.4 is 4.74 Å². The van der Waals surface area contributed by atoms with Gasteiger partial charge in [-0.15, -0.1) is 11.6 Å². The topological polar surface area (TPSA) is 9.23 Å². The molecule has 0 saturated heterocycles. The van der Waals surface area contributed by atoms with Gasteiger partial charge in [0.2, 0.25) is 0 Å². The fourth-order valence-corrected chi connectivity index (χ4v) is 1.76. The van der Waals surface area contributed by atoms with E-state index in [-0.39, 0.29) is 11.6 Å². The minimum absolute atomic E-state index is 0.205. The highest BCUT2D eigenvalue weighted by molar-refractivity contribution is 6.17. The van der Waals surface area contributed by atoms with Gasteiger partial charge in [0.15, 0.2) is 11.6 Å². The van der Waals surface area contributed by atoms with E-state index in [2.05, 4.69) is 0 Å². The maximum atomic E-state index is 13.7. The quantitative estimate of drug-likeness (QED) is 0.720. The Morgan fingerprint density at radius 1 is 1.12 bits per heavy atom. The first kappa shape index (κ1) is 11.9. The summed E-state index contributed by atoms with van der Waals surface area (Å²) in [6, 6.07) is 12.2. The van der Waals surface area contributed by atoms with Gasteiger partial charge in [-0.25, -0.2) is 4.39 Å². The van der Waals surface area contributed by atoms with Crippen LogP contribution in [0.25, 0.3) is 0 Å². The molecule has 0 aliphatic carbocycles. The molecular formula is C14H12ClFO. The van der Waals surface area contributed by atoms with Gasteiger partial charge >= 0.3 is 0 Å². The predicted octanol–water partition coefficient (Wildman–Crippen LogP) is 4.67. The Hall–Kier alpha value is -1.54. The highest BCUT2D eigenvalue weighted by atomic mass is 35.5. The zero-order valence-electron chi connectivity index (χ0n) is 9.41. The normalized spacial score (nSPS) is 10.3. The third-order valence-electron chi connectivity index (χ3n) is 2.50. The average molecular weight is 251 g/mol. The van der Waals surface area contributed by atoms with Crippen LogP contribution in [0.3, 0.4) is 0 Å². The second kappa shape index (κ2) is 5.19. The standard InChI is InChI=1S/C14H12ClFO/c1-10-5-2-3-8-13(10)17-14-11(9-15)6-4-7-12(14)16/h2-8H,9H2,1H3. The highest BCUT2D eigenvalue weighted by Gasteiger charge is 2.11. The van der Waals surface area contributed by atoms with Gasteiger partial charge in [-0.2, -0.15) is 0 Å². The molecule has 0 bridgehead atoms. The Morgan fingerprint density at radius 2 is 1.88 bits per heavy atom. The lowest BCUT2D eigenvalue weighted by molar-refractivity contribution is 0.435. The molecule has 3 heteroatoms. The van der Waals surface area contributed by atoms with E-state index < -0.39 is 5.82 Å². The van der Waals surface area contributed by atoms with E-state index in [9.17, 15) is 4.39 Å². The summed E-state index contributed by atoms with van der Waals surface area (Å²) < 4.78 is 19.3. The highest BCUT2D eigenvalue weighted by Crippen LogP contribution is 2.30. The van der Waals surface area contributed by atoms with Crippen molar-refractivity contribution in [1.29, 1.82) is 0 Å². The third-order valence-corrected chi connectivity index (χ3v) is 2.79. The first-order valence-corrected chi connectivity index (χ1v) is 5.82. The number of para-hydroxylation sites is 2. The van der Waals surface area contributed by atoms with E-state index in [1.165, 1.54) is 6.07 Å². The van der Waals surface area contributed by atoms with Crippen molar-refractivity contribution >= 4 is 11.6 Å². The van der Waals surface area contributed by atoms with Crippen molar-refractivity contribution in [2.24, 2.45) is 0 Å². The molecule has 1 nitrogen and oxygen atoms in total. The van der Waals surface area contributed by atoms with Gasteiger partial charge in [0, 0.05) is 5.56 Å². The van der Waals surface area contributed by atoms with E-state index in [1.807, 2.05) is 25.1 Å². The molecule has 0 radical (unpaired) electrons. The lowest BCUT2D eigenvalue weighted by Crippen LogP contribution is -1.94. The number of ether oxygens (including phenoxy) is 1. The predicted molar refractivity (Wildman–Crippen MR) is 67.2 cm³/mol. The molecule has 0 spiro atoms. The molecule has 88 valence electrons. The summed E-state index contributed by atoms with van der Waals surface area (Å²) in [6.45, 7) is 1.91. The Bertz CT molecular complexity index is 525. The number of benzene rings is 2. The number of hydrogen-bond acceptors (Lipinski definition) is 1. The van der Waals surface area contributed by atoms with Crippen LogP contribution >= 0.6 is 11.6 Å². The smallest absolute Gasteiger partial charge is 0.167 e. The monoisotopic (exact) mass is 250 g/mol. The largest absolute Gasteiger partial charge is 0.454 e. The molecule has 0 fully saturated rings. The van der Waals surface area contributed by atoms with Crippen LogP contribution in [0.15, 0.2) is 42.5 Å². The number of hydrogen-bond donors (Lipinski definition) is 0. The van der Waals surface area contributed by atoms with Gasteiger partial charge in [-0.1, -0.05) is 30.3 Å². The van der Waals surface area contributed by atoms with Crippen LogP contribution in [-0.2, 0) is 5.88 Å². The number of halogens is 2. The summed E-state index contributed by atoms with van der Waals surface area (Å²) in [5.41, 5.74) is 1.60. The molecule has 17 heavy (non-hydrogen) atoms. The van der Waals surface area contributed by atoms with Crippen molar-refractivity contribution in [3.05, 3.63) is 59.4 Å². The van der Waals surface area contributed by atoms with E-state index in [1.54, 1.807) is 18.2 Å². The van der Waals surface area contributed by atoms with E-state index in [0.717, 1.165) is 5.56 Å². The Morgan fingerprint density at radius 3 is 2.59 bits per heavy atom. The zero-order chi connectivity index (χ0) is 12.3. The molecule has 0 amide bonds. The van der Waals surface area contributed by atoms with E-state index in [4.69, 9.17) is 16.3 Å². The maximum Gasteiger partial charge on any atom is 0.167 e. The molecule has 2 aromatic carbocycles. The molecular weight excluding hydrogens is 239 g/mol. The van der Waals surface area contributed by atoms with Crippen molar-refractivity contribution in [3.63, 3.8) is 0 Å². The molecule has 2 aromatic rings. The molecule has 0 saturated carbocycles. The van der Waals surface area contributed by atoms with Crippen LogP contribution in [-0.4, -0.2) is 0 Å². The summed E-state index contributed by atoms with van der Waals surface area (Å²) >= 11 is 5.76. The number of aryl methyl sites for hydroxylation is 1. The van der Waals surface area contributed by atoms with Crippen LogP contribution in [0, 0.1) is 12.7 Å². The fraction of sp³-hybridized carbons (Fsp3) is 0.143. The summed E-state index contributed by atoms with van der Waals surface area (Å²) in [5.74, 6) is 0.672. The second-order valence-electron chi connectivity index (χ2n) is 3.73. The molecule has 0 aromatic heterocycles. The summed E-state index contributed by atoms with van der Waals surface area (Å²) in [4.78, 5) is 0. The van der Waals surface area contributed by atoms with Crippen LogP contribution in [0.5, 0.6) is 11.5 Å². The van der Waals surface area contributed by atoms with Crippen molar-refractivity contribution in [2.75, 3.05) is 0 Å². The van der Waals surface area contributed by atoms with Crippen molar-refractivity contribution in [2.45, 2.75) is 12.8 Å². The van der Waals surface area contributed by atoms with Crippen LogP contribution in [0.4, 0.5) is 4.39 Å². The van der Waals surface area contributed by atoms with Crippen molar-refractivity contribution in [1.82, 2.24) is 0 Å². The third kappa shape index (κ3) is 2.59. The lowest BCUT2D eigenvalue weighted by Gasteiger charge is -2.12. The Labute approximate surface area is 105 Å². The minimum Gasteiger partial charge on any atom is -0.454 e. The minimum atomic E-state index is -0.397. The average Bonchev–Trinajstić information content (AvgIpc) is 2.34. The molecule has 0 unspecified atom stereocenters. The van der Waals surface area contributed by atoms with Crippen molar-refractivity contribution < 1.29 is 9.13 Å². The Kier molecular flexibility index (Phi) is 3.64. The van der Waals surface area contributed by atoms with Crippen molar-refractivity contribution in [3.8, 4) is 11.5 Å². The molecule has 0 atom stereocenters. The summed E-state index contributed by atoms with van der Waals surface area (Å²) in [5, 5.41) is 0. The molecule has 0 N–H and O–H groups in total. The van der Waals surface area contributed by atoms with E-state index >= 15 is 0 Å². The van der Waals surface area contributed by atoms with E-state index in [0.29, 0.717) is 11.3 Å². The molecule has 0 heterocycles. The zero-order valence-corrected chi connectivity index (χ0v) is 10.2. The summed E-state index contributed by atoms with van der Waals surface area (Å²) in [6.07, 6.45) is 0. The molecule has 0 aliphatic rings. The van der Waals surface area contributed by atoms with Gasteiger partial charge in [-0.05, 0) is 24.6 Å². The van der Waals surface area contributed by atoms with Gasteiger partial charge in [0.05, 0.1) is 5.88 Å². The molecule has 0 aliphatic heterocycles. The number of rotatable bonds is 3. The fourth-order valence-electron chi connectivity index (χ4n) is 1.55. The lowest BCUT2D eigenvalue weighted by atomic mass is 10.2. The van der Waals surface area contributed by atoms with Crippen LogP contribution in [0.2, 0.25) is 0 Å². The van der Waals surface area contributed by atoms with Gasteiger partial charge in [0.25, 0.3) is 0 Å². The number of alkyl halides is 1. The molecule has 2 rings (SSSR count). The van der Waals surface area contributed by atoms with Crippen LogP contribution in [0.1, 0.15) is 11.1 Å². The van der Waals surface area contributed by atoms with Gasteiger partial charge in [-0.3, -0.25) is 0 Å². The first-order chi connectivity index (χ1) is 8.22. The first-order valence-electron chi connectivity index (χ1n) is 5.29. The second-order valence-corrected chi connectivity index (χ2v) is 4.00. The van der Waals surface area contributed by atoms with Gasteiger partial charge in [0.1, 0.15) is 5.75 Å². The summed E-state index contributed by atoms with van der Waals surface area (Å²) in [7, 11) is 0. The SMILES string of the molecule is Cc1ccccc1Oc1c(F)cccc1CCl.